The zero-order valence-corrected chi connectivity index (χ0v) is 21.1. The molecule has 2 aromatic rings. The number of nitrogens with zero attached hydrogens (tertiary/aromatic N) is 3. The third kappa shape index (κ3) is 4.49. The lowest BCUT2D eigenvalue weighted by atomic mass is 10.00. The van der Waals surface area contributed by atoms with E-state index in [4.69, 9.17) is 4.74 Å². The van der Waals surface area contributed by atoms with Gasteiger partial charge in [-0.15, -0.1) is 0 Å². The summed E-state index contributed by atoms with van der Waals surface area (Å²) in [6.07, 6.45) is 1.76. The molecule has 0 radical (unpaired) electrons. The molecule has 2 fully saturated rings. The number of anilines is 3. The van der Waals surface area contributed by atoms with E-state index in [1.165, 1.54) is 4.31 Å². The second-order valence-electron chi connectivity index (χ2n) is 9.87. The first kappa shape index (κ1) is 23.7. The average molecular weight is 498 g/mol. The van der Waals surface area contributed by atoms with Crippen LogP contribution in [0.5, 0.6) is 0 Å². The Hall–Kier alpha value is -3.07. The quantitative estimate of drug-likeness (QED) is 0.625. The SMILES string of the molecule is CC(C)OC(=O)N1CC(C)N(C(=O)C2CC2)c2ccc(-c3ccc(N4CCCS4(=O)=O)cc3)cc21. The van der Waals surface area contributed by atoms with Crippen LogP contribution in [-0.4, -0.2) is 51.4 Å². The number of benzene rings is 2. The van der Waals surface area contributed by atoms with Gasteiger partial charge in [-0.05, 0) is 75.4 Å². The van der Waals surface area contributed by atoms with E-state index in [0.717, 1.165) is 24.0 Å². The molecular weight excluding hydrogens is 466 g/mol. The zero-order chi connectivity index (χ0) is 24.9. The molecular formula is C26H31N3O5S. The van der Waals surface area contributed by atoms with Crippen molar-refractivity contribution < 1.29 is 22.7 Å². The lowest BCUT2D eigenvalue weighted by molar-refractivity contribution is -0.120. The van der Waals surface area contributed by atoms with E-state index in [2.05, 4.69) is 0 Å². The summed E-state index contributed by atoms with van der Waals surface area (Å²) >= 11 is 0. The Balaban J connectivity index is 1.51. The molecule has 5 rings (SSSR count). The highest BCUT2D eigenvalue weighted by molar-refractivity contribution is 7.93. The number of hydrogen-bond donors (Lipinski definition) is 0. The normalized spacial score (nSPS) is 21.3. The summed E-state index contributed by atoms with van der Waals surface area (Å²) in [6, 6.07) is 13.0. The highest BCUT2D eigenvalue weighted by Gasteiger charge is 2.41. The van der Waals surface area contributed by atoms with E-state index in [9.17, 15) is 18.0 Å². The molecule has 1 aliphatic carbocycles. The summed E-state index contributed by atoms with van der Waals surface area (Å²) in [6.45, 7) is 6.43. The van der Waals surface area contributed by atoms with Gasteiger partial charge < -0.3 is 9.64 Å². The van der Waals surface area contributed by atoms with Gasteiger partial charge in [0.1, 0.15) is 0 Å². The van der Waals surface area contributed by atoms with Crippen LogP contribution in [0.15, 0.2) is 42.5 Å². The average Bonchev–Trinajstić information content (AvgIpc) is 3.60. The molecule has 35 heavy (non-hydrogen) atoms. The molecule has 1 saturated heterocycles. The lowest BCUT2D eigenvalue weighted by Crippen LogP contribution is -2.52. The Labute approximate surface area is 206 Å². The molecule has 186 valence electrons. The lowest BCUT2D eigenvalue weighted by Gasteiger charge is -2.41. The summed E-state index contributed by atoms with van der Waals surface area (Å²) in [5.74, 6) is 0.351. The number of fused-ring (bicyclic) bond motifs is 1. The minimum absolute atomic E-state index is 0.0635. The maximum atomic E-state index is 13.1. The largest absolute Gasteiger partial charge is 0.446 e. The van der Waals surface area contributed by atoms with Crippen molar-refractivity contribution in [1.82, 2.24) is 0 Å². The molecule has 1 unspecified atom stereocenters. The Kier molecular flexibility index (Phi) is 5.99. The van der Waals surface area contributed by atoms with Crippen molar-refractivity contribution in [2.24, 2.45) is 5.92 Å². The van der Waals surface area contributed by atoms with Gasteiger partial charge in [0, 0.05) is 19.0 Å². The number of ether oxygens (including phenoxy) is 1. The first-order chi connectivity index (χ1) is 16.7. The summed E-state index contributed by atoms with van der Waals surface area (Å²) < 4.78 is 31.5. The van der Waals surface area contributed by atoms with E-state index in [0.29, 0.717) is 36.6 Å². The standard InChI is InChI=1S/C26H31N3O5S/c1-17(2)34-26(31)27-16-18(3)29(25(30)20-5-6-20)23-12-9-21(15-24(23)27)19-7-10-22(11-8-19)28-13-4-14-35(28,32)33/h7-12,15,17-18,20H,4-6,13-14,16H2,1-3H3. The predicted octanol–water partition coefficient (Wildman–Crippen LogP) is 4.39. The van der Waals surface area contributed by atoms with E-state index < -0.39 is 16.1 Å². The monoisotopic (exact) mass is 497 g/mol. The molecule has 2 amide bonds. The second-order valence-corrected chi connectivity index (χ2v) is 11.9. The van der Waals surface area contributed by atoms with Crippen molar-refractivity contribution in [2.75, 3.05) is 32.9 Å². The molecule has 2 aliphatic heterocycles. The highest BCUT2D eigenvalue weighted by Crippen LogP contribution is 2.42. The molecule has 0 spiro atoms. The number of rotatable bonds is 4. The second kappa shape index (κ2) is 8.86. The van der Waals surface area contributed by atoms with Crippen LogP contribution >= 0.6 is 0 Å². The van der Waals surface area contributed by atoms with Crippen molar-refractivity contribution in [2.45, 2.75) is 52.2 Å². The first-order valence-corrected chi connectivity index (χ1v) is 13.8. The number of sulfonamides is 1. The molecule has 9 heteroatoms. The van der Waals surface area contributed by atoms with Crippen molar-refractivity contribution in [3.8, 4) is 11.1 Å². The molecule has 3 aliphatic rings. The minimum atomic E-state index is -3.24. The smallest absolute Gasteiger partial charge is 0.414 e. The van der Waals surface area contributed by atoms with Crippen LogP contribution in [0.2, 0.25) is 0 Å². The first-order valence-electron chi connectivity index (χ1n) is 12.2. The maximum Gasteiger partial charge on any atom is 0.414 e. The van der Waals surface area contributed by atoms with Crippen molar-refractivity contribution in [3.63, 3.8) is 0 Å². The fraction of sp³-hybridized carbons (Fsp3) is 0.462. The number of carbonyl (C=O) groups excluding carboxylic acids is 2. The topological polar surface area (TPSA) is 87.2 Å². The van der Waals surface area contributed by atoms with Gasteiger partial charge in [-0.3, -0.25) is 14.0 Å². The molecule has 2 heterocycles. The molecule has 0 bridgehead atoms. The summed E-state index contributed by atoms with van der Waals surface area (Å²) in [5.41, 5.74) is 3.78. The summed E-state index contributed by atoms with van der Waals surface area (Å²) in [4.78, 5) is 29.5. The van der Waals surface area contributed by atoms with Crippen LogP contribution < -0.4 is 14.1 Å². The van der Waals surface area contributed by atoms with Crippen LogP contribution in [0.25, 0.3) is 11.1 Å². The van der Waals surface area contributed by atoms with Crippen LogP contribution in [-0.2, 0) is 19.6 Å². The van der Waals surface area contributed by atoms with Crippen LogP contribution in [0, 0.1) is 5.92 Å². The van der Waals surface area contributed by atoms with E-state index in [-0.39, 0.29) is 29.7 Å². The number of amides is 2. The number of carbonyl (C=O) groups is 2. The third-order valence-corrected chi connectivity index (χ3v) is 8.59. The Morgan fingerprint density at radius 3 is 2.29 bits per heavy atom. The Morgan fingerprint density at radius 2 is 1.69 bits per heavy atom. The molecule has 2 aromatic carbocycles. The predicted molar refractivity (Wildman–Crippen MR) is 136 cm³/mol. The minimum Gasteiger partial charge on any atom is -0.446 e. The van der Waals surface area contributed by atoms with Gasteiger partial charge in [0.25, 0.3) is 0 Å². The van der Waals surface area contributed by atoms with Crippen molar-refractivity contribution in [3.05, 3.63) is 42.5 Å². The van der Waals surface area contributed by atoms with E-state index >= 15 is 0 Å². The summed E-state index contributed by atoms with van der Waals surface area (Å²) in [5, 5.41) is 0. The summed E-state index contributed by atoms with van der Waals surface area (Å²) in [7, 11) is -3.24. The van der Waals surface area contributed by atoms with Crippen molar-refractivity contribution >= 4 is 39.1 Å². The third-order valence-electron chi connectivity index (χ3n) is 6.72. The Morgan fingerprint density at radius 1 is 1.00 bits per heavy atom. The maximum absolute atomic E-state index is 13.1. The van der Waals surface area contributed by atoms with E-state index in [1.807, 2.05) is 68.1 Å². The van der Waals surface area contributed by atoms with Crippen LogP contribution in [0.4, 0.5) is 21.9 Å². The zero-order valence-electron chi connectivity index (χ0n) is 20.3. The fourth-order valence-electron chi connectivity index (χ4n) is 4.86. The van der Waals surface area contributed by atoms with Crippen LogP contribution in [0.3, 0.4) is 0 Å². The molecule has 1 saturated carbocycles. The van der Waals surface area contributed by atoms with Gasteiger partial charge >= 0.3 is 6.09 Å². The molecule has 0 aromatic heterocycles. The van der Waals surface area contributed by atoms with Crippen LogP contribution in [0.1, 0.15) is 40.0 Å². The van der Waals surface area contributed by atoms with E-state index in [1.54, 1.807) is 4.90 Å². The van der Waals surface area contributed by atoms with Gasteiger partial charge in [-0.25, -0.2) is 13.2 Å². The molecule has 1 atom stereocenters. The van der Waals surface area contributed by atoms with Gasteiger partial charge in [-0.2, -0.15) is 0 Å². The molecule has 8 nitrogen and oxygen atoms in total. The van der Waals surface area contributed by atoms with Gasteiger partial charge in [0.05, 0.1) is 35.0 Å². The molecule has 0 N–H and O–H groups in total. The van der Waals surface area contributed by atoms with Gasteiger partial charge in [0.15, 0.2) is 0 Å². The Bertz CT molecular complexity index is 1250. The van der Waals surface area contributed by atoms with Crippen molar-refractivity contribution in [1.29, 1.82) is 0 Å². The number of hydrogen-bond acceptors (Lipinski definition) is 5. The fourth-order valence-corrected chi connectivity index (χ4v) is 6.42. The van der Waals surface area contributed by atoms with Gasteiger partial charge in [0.2, 0.25) is 15.9 Å². The van der Waals surface area contributed by atoms with Gasteiger partial charge in [-0.1, -0.05) is 18.2 Å². The highest BCUT2D eigenvalue weighted by atomic mass is 32.2.